The van der Waals surface area contributed by atoms with E-state index in [1.807, 2.05) is 30.0 Å². The van der Waals surface area contributed by atoms with E-state index in [4.69, 9.17) is 5.73 Å². The molecule has 1 fully saturated rings. The first kappa shape index (κ1) is 19.0. The third-order valence-electron chi connectivity index (χ3n) is 4.66. The van der Waals surface area contributed by atoms with Crippen LogP contribution in [0.25, 0.3) is 0 Å². The molecule has 0 spiro atoms. The molecule has 0 aromatic heterocycles. The molecule has 3 unspecified atom stereocenters. The number of rotatable bonds is 5. The van der Waals surface area contributed by atoms with Crippen molar-refractivity contribution in [3.05, 3.63) is 35.9 Å². The molecule has 2 rings (SSSR count). The minimum atomic E-state index is 0. The molecule has 1 aromatic carbocycles. The van der Waals surface area contributed by atoms with E-state index in [1.54, 1.807) is 0 Å². The summed E-state index contributed by atoms with van der Waals surface area (Å²) in [6, 6.07) is 10.7. The van der Waals surface area contributed by atoms with Crippen LogP contribution in [0.5, 0.6) is 0 Å². The first-order valence-electron chi connectivity index (χ1n) is 8.23. The van der Waals surface area contributed by atoms with Crippen molar-refractivity contribution in [2.24, 2.45) is 5.73 Å². The Morgan fingerprint density at radius 1 is 1.32 bits per heavy atom. The highest BCUT2D eigenvalue weighted by Crippen LogP contribution is 2.27. The highest BCUT2D eigenvalue weighted by atomic mass is 35.5. The predicted octanol–water partition coefficient (Wildman–Crippen LogP) is 3.72. The molecule has 3 nitrogen and oxygen atoms in total. The monoisotopic (exact) mass is 324 g/mol. The summed E-state index contributed by atoms with van der Waals surface area (Å²) in [4.78, 5) is 14.8. The number of likely N-dealkylation sites (tertiary alicyclic amines) is 1. The summed E-state index contributed by atoms with van der Waals surface area (Å²) in [5.74, 6) is 0.585. The zero-order chi connectivity index (χ0) is 15.2. The van der Waals surface area contributed by atoms with Crippen molar-refractivity contribution in [3.63, 3.8) is 0 Å². The van der Waals surface area contributed by atoms with E-state index in [1.165, 1.54) is 12.0 Å². The number of hydrogen-bond donors (Lipinski definition) is 1. The summed E-state index contributed by atoms with van der Waals surface area (Å²) in [6.45, 7) is 5.05. The fourth-order valence-electron chi connectivity index (χ4n) is 3.36. The molecule has 0 radical (unpaired) electrons. The molecule has 0 saturated carbocycles. The van der Waals surface area contributed by atoms with Gasteiger partial charge in [-0.15, -0.1) is 12.4 Å². The molecule has 0 bridgehead atoms. The summed E-state index contributed by atoms with van der Waals surface area (Å²) < 4.78 is 0. The number of piperidine rings is 1. The zero-order valence-electron chi connectivity index (χ0n) is 13.7. The van der Waals surface area contributed by atoms with Gasteiger partial charge in [0.1, 0.15) is 0 Å². The Bertz CT molecular complexity index is 450. The van der Waals surface area contributed by atoms with Crippen LogP contribution in [0, 0.1) is 0 Å². The van der Waals surface area contributed by atoms with Gasteiger partial charge in [-0.2, -0.15) is 0 Å². The molecule has 3 atom stereocenters. The van der Waals surface area contributed by atoms with Crippen LogP contribution in [0.1, 0.15) is 57.4 Å². The number of carbonyl (C=O) groups excluding carboxylic acids is 1. The van der Waals surface area contributed by atoms with Crippen molar-refractivity contribution in [3.8, 4) is 0 Å². The molecule has 1 aliphatic rings. The Balaban J connectivity index is 0.00000242. The SMILES string of the molecule is CCC(CC(=O)N1CCCCC1C(C)N)c1ccccc1.Cl. The normalized spacial score (nSPS) is 20.9. The Hall–Kier alpha value is -1.06. The van der Waals surface area contributed by atoms with Crippen LogP contribution >= 0.6 is 12.4 Å². The summed E-state index contributed by atoms with van der Waals surface area (Å²) in [5, 5.41) is 0. The van der Waals surface area contributed by atoms with Crippen LogP contribution in [0.15, 0.2) is 30.3 Å². The Labute approximate surface area is 140 Å². The number of nitrogens with two attached hydrogens (primary N) is 1. The Kier molecular flexibility index (Phi) is 7.91. The van der Waals surface area contributed by atoms with Crippen molar-refractivity contribution in [1.82, 2.24) is 4.90 Å². The Morgan fingerprint density at radius 3 is 2.59 bits per heavy atom. The van der Waals surface area contributed by atoms with Crippen LogP contribution in [0.4, 0.5) is 0 Å². The third kappa shape index (κ3) is 4.72. The highest BCUT2D eigenvalue weighted by Gasteiger charge is 2.30. The number of amides is 1. The topological polar surface area (TPSA) is 46.3 Å². The second-order valence-electron chi connectivity index (χ2n) is 6.23. The minimum absolute atomic E-state index is 0. The molecule has 0 aliphatic carbocycles. The van der Waals surface area contributed by atoms with Gasteiger partial charge in [0.25, 0.3) is 0 Å². The molecule has 124 valence electrons. The van der Waals surface area contributed by atoms with Crippen molar-refractivity contribution >= 4 is 18.3 Å². The molecular weight excluding hydrogens is 296 g/mol. The molecule has 1 aliphatic heterocycles. The summed E-state index contributed by atoms with van der Waals surface area (Å²) in [5.41, 5.74) is 7.34. The van der Waals surface area contributed by atoms with Crippen molar-refractivity contribution in [1.29, 1.82) is 0 Å². The van der Waals surface area contributed by atoms with Crippen molar-refractivity contribution < 1.29 is 4.79 Å². The van der Waals surface area contributed by atoms with Gasteiger partial charge in [-0.1, -0.05) is 37.3 Å². The zero-order valence-corrected chi connectivity index (χ0v) is 14.5. The molecule has 2 N–H and O–H groups in total. The quantitative estimate of drug-likeness (QED) is 0.897. The van der Waals surface area contributed by atoms with Gasteiger partial charge >= 0.3 is 0 Å². The second-order valence-corrected chi connectivity index (χ2v) is 6.23. The van der Waals surface area contributed by atoms with Gasteiger partial charge in [-0.25, -0.2) is 0 Å². The number of hydrogen-bond acceptors (Lipinski definition) is 2. The van der Waals surface area contributed by atoms with E-state index >= 15 is 0 Å². The van der Waals surface area contributed by atoms with E-state index in [0.717, 1.165) is 25.8 Å². The lowest BCUT2D eigenvalue weighted by Gasteiger charge is -2.38. The lowest BCUT2D eigenvalue weighted by molar-refractivity contribution is -0.135. The number of benzene rings is 1. The van der Waals surface area contributed by atoms with Gasteiger partial charge in [-0.05, 0) is 44.1 Å². The fourth-order valence-corrected chi connectivity index (χ4v) is 3.36. The third-order valence-corrected chi connectivity index (χ3v) is 4.66. The van der Waals surface area contributed by atoms with Gasteiger partial charge in [0.15, 0.2) is 0 Å². The molecular formula is C18H29ClN2O. The maximum atomic E-state index is 12.7. The van der Waals surface area contributed by atoms with E-state index in [9.17, 15) is 4.79 Å². The van der Waals surface area contributed by atoms with Gasteiger partial charge < -0.3 is 10.6 Å². The smallest absolute Gasteiger partial charge is 0.223 e. The van der Waals surface area contributed by atoms with Gasteiger partial charge in [0.2, 0.25) is 5.91 Å². The second kappa shape index (κ2) is 9.16. The highest BCUT2D eigenvalue weighted by molar-refractivity contribution is 5.85. The number of halogens is 1. The van der Waals surface area contributed by atoms with Crippen LogP contribution in [-0.4, -0.2) is 29.4 Å². The maximum Gasteiger partial charge on any atom is 0.223 e. The lowest BCUT2D eigenvalue weighted by atomic mass is 9.91. The van der Waals surface area contributed by atoms with Crippen LogP contribution in [0.2, 0.25) is 0 Å². The van der Waals surface area contributed by atoms with E-state index in [2.05, 4.69) is 19.1 Å². The average Bonchev–Trinajstić information content (AvgIpc) is 2.53. The molecule has 1 amide bonds. The molecule has 1 aromatic rings. The summed E-state index contributed by atoms with van der Waals surface area (Å²) in [6.07, 6.45) is 4.94. The summed E-state index contributed by atoms with van der Waals surface area (Å²) in [7, 11) is 0. The van der Waals surface area contributed by atoms with Crippen LogP contribution < -0.4 is 5.73 Å². The molecule has 4 heteroatoms. The predicted molar refractivity (Wildman–Crippen MR) is 94.3 cm³/mol. The van der Waals surface area contributed by atoms with E-state index in [0.29, 0.717) is 12.3 Å². The largest absolute Gasteiger partial charge is 0.338 e. The van der Waals surface area contributed by atoms with Crippen molar-refractivity contribution in [2.75, 3.05) is 6.54 Å². The first-order valence-corrected chi connectivity index (χ1v) is 8.23. The number of nitrogens with zero attached hydrogens (tertiary/aromatic N) is 1. The number of carbonyl (C=O) groups is 1. The standard InChI is InChI=1S/C18H28N2O.ClH/c1-3-15(16-9-5-4-6-10-16)13-18(21)20-12-8-7-11-17(20)14(2)19;/h4-6,9-10,14-15,17H,3,7-8,11-13,19H2,1-2H3;1H. The Morgan fingerprint density at radius 2 is 2.00 bits per heavy atom. The minimum Gasteiger partial charge on any atom is -0.338 e. The lowest BCUT2D eigenvalue weighted by Crippen LogP contribution is -2.51. The van der Waals surface area contributed by atoms with Crippen molar-refractivity contribution in [2.45, 2.75) is 64.0 Å². The van der Waals surface area contributed by atoms with Gasteiger partial charge in [0.05, 0.1) is 0 Å². The maximum absolute atomic E-state index is 12.7. The fraction of sp³-hybridized carbons (Fsp3) is 0.611. The average molecular weight is 325 g/mol. The molecule has 22 heavy (non-hydrogen) atoms. The van der Waals surface area contributed by atoms with E-state index in [-0.39, 0.29) is 30.4 Å². The summed E-state index contributed by atoms with van der Waals surface area (Å²) >= 11 is 0. The molecule has 1 saturated heterocycles. The van der Waals surface area contributed by atoms with Gasteiger partial charge in [-0.3, -0.25) is 4.79 Å². The first-order chi connectivity index (χ1) is 10.1. The van der Waals surface area contributed by atoms with E-state index < -0.39 is 0 Å². The van der Waals surface area contributed by atoms with Crippen LogP contribution in [0.3, 0.4) is 0 Å². The van der Waals surface area contributed by atoms with Gasteiger partial charge in [0, 0.05) is 25.0 Å². The molecule has 1 heterocycles. The van der Waals surface area contributed by atoms with Crippen LogP contribution in [-0.2, 0) is 4.79 Å².